The summed E-state index contributed by atoms with van der Waals surface area (Å²) in [6.45, 7) is 2.16. The van der Waals surface area contributed by atoms with Gasteiger partial charge in [0.2, 0.25) is 0 Å². The van der Waals surface area contributed by atoms with Gasteiger partial charge in [-0.3, -0.25) is 4.79 Å². The molecule has 0 aliphatic rings. The van der Waals surface area contributed by atoms with Crippen LogP contribution in [0.4, 0.5) is 0 Å². The molecule has 6 nitrogen and oxygen atoms in total. The fourth-order valence-electron chi connectivity index (χ4n) is 2.88. The van der Waals surface area contributed by atoms with E-state index in [-0.39, 0.29) is 12.5 Å². The van der Waals surface area contributed by atoms with Crippen molar-refractivity contribution in [2.75, 3.05) is 7.11 Å². The SMILES string of the molecule is COc1ccc(-c2cc(CNC(=O)c3ccc4oc(C)cc4c3)no2)cc1. The maximum Gasteiger partial charge on any atom is 0.251 e. The second-order valence-corrected chi connectivity index (χ2v) is 6.20. The molecule has 136 valence electrons. The van der Waals surface area contributed by atoms with Crippen LogP contribution in [0.25, 0.3) is 22.3 Å². The zero-order valence-corrected chi connectivity index (χ0v) is 15.0. The Morgan fingerprint density at radius 2 is 1.93 bits per heavy atom. The maximum atomic E-state index is 12.4. The molecule has 1 N–H and O–H groups in total. The molecule has 1 amide bonds. The normalized spacial score (nSPS) is 10.9. The summed E-state index contributed by atoms with van der Waals surface area (Å²) in [6, 6.07) is 16.6. The van der Waals surface area contributed by atoms with Crippen LogP contribution in [0.15, 0.2) is 63.5 Å². The Labute approximate surface area is 155 Å². The molecule has 2 aromatic carbocycles. The lowest BCUT2D eigenvalue weighted by atomic mass is 10.1. The van der Waals surface area contributed by atoms with E-state index in [4.69, 9.17) is 13.7 Å². The number of carbonyl (C=O) groups excluding carboxylic acids is 1. The minimum Gasteiger partial charge on any atom is -0.497 e. The molecule has 4 rings (SSSR count). The van der Waals surface area contributed by atoms with Crippen LogP contribution in [0.1, 0.15) is 21.8 Å². The first-order chi connectivity index (χ1) is 13.1. The lowest BCUT2D eigenvalue weighted by Gasteiger charge is -2.02. The van der Waals surface area contributed by atoms with Crippen LogP contribution in [0, 0.1) is 6.92 Å². The van der Waals surface area contributed by atoms with Crippen LogP contribution in [0.2, 0.25) is 0 Å². The van der Waals surface area contributed by atoms with E-state index in [1.54, 1.807) is 19.2 Å². The van der Waals surface area contributed by atoms with E-state index in [1.807, 2.05) is 49.4 Å². The summed E-state index contributed by atoms with van der Waals surface area (Å²) in [5, 5.41) is 7.78. The van der Waals surface area contributed by atoms with Crippen LogP contribution >= 0.6 is 0 Å². The van der Waals surface area contributed by atoms with Crippen molar-refractivity contribution < 1.29 is 18.5 Å². The predicted molar refractivity (Wildman–Crippen MR) is 101 cm³/mol. The number of methoxy groups -OCH3 is 1. The van der Waals surface area contributed by atoms with Crippen molar-refractivity contribution in [2.45, 2.75) is 13.5 Å². The van der Waals surface area contributed by atoms with Gasteiger partial charge in [0.25, 0.3) is 5.91 Å². The minimum absolute atomic E-state index is 0.176. The van der Waals surface area contributed by atoms with Crippen LogP contribution in [-0.4, -0.2) is 18.2 Å². The van der Waals surface area contributed by atoms with Crippen molar-refractivity contribution in [1.29, 1.82) is 0 Å². The number of carbonyl (C=O) groups is 1. The Kier molecular flexibility index (Phi) is 4.38. The third kappa shape index (κ3) is 3.55. The number of nitrogens with one attached hydrogen (secondary N) is 1. The zero-order chi connectivity index (χ0) is 18.8. The molecule has 0 bridgehead atoms. The third-order valence-corrected chi connectivity index (χ3v) is 4.27. The molecular formula is C21H18N2O4. The number of hydrogen-bond acceptors (Lipinski definition) is 5. The first-order valence-corrected chi connectivity index (χ1v) is 8.51. The summed E-state index contributed by atoms with van der Waals surface area (Å²) < 4.78 is 16.0. The highest BCUT2D eigenvalue weighted by atomic mass is 16.5. The summed E-state index contributed by atoms with van der Waals surface area (Å²) in [5.41, 5.74) is 2.88. The standard InChI is InChI=1S/C21H18N2O4/c1-13-9-16-10-15(5-8-19(16)26-13)21(24)22-12-17-11-20(27-23-17)14-3-6-18(25-2)7-4-14/h3-11H,12H2,1-2H3,(H,22,24). The van der Waals surface area contributed by atoms with Gasteiger partial charge in [0.05, 0.1) is 13.7 Å². The number of fused-ring (bicyclic) bond motifs is 1. The van der Waals surface area contributed by atoms with Crippen LogP contribution < -0.4 is 10.1 Å². The zero-order valence-electron chi connectivity index (χ0n) is 15.0. The molecule has 0 aliphatic heterocycles. The first kappa shape index (κ1) is 16.9. The van der Waals surface area contributed by atoms with Crippen molar-refractivity contribution in [2.24, 2.45) is 0 Å². The average Bonchev–Trinajstić information content (AvgIpc) is 3.31. The highest BCUT2D eigenvalue weighted by Gasteiger charge is 2.11. The number of rotatable bonds is 5. The van der Waals surface area contributed by atoms with Gasteiger partial charge in [0, 0.05) is 22.6 Å². The van der Waals surface area contributed by atoms with Crippen molar-refractivity contribution in [3.05, 3.63) is 71.6 Å². The van der Waals surface area contributed by atoms with Gasteiger partial charge in [-0.25, -0.2) is 0 Å². The molecule has 0 aliphatic carbocycles. The summed E-state index contributed by atoms with van der Waals surface area (Å²) >= 11 is 0. The molecule has 0 atom stereocenters. The second kappa shape index (κ2) is 6.99. The van der Waals surface area contributed by atoms with Crippen LogP contribution in [0.5, 0.6) is 5.75 Å². The monoisotopic (exact) mass is 362 g/mol. The van der Waals surface area contributed by atoms with E-state index in [0.29, 0.717) is 17.0 Å². The predicted octanol–water partition coefficient (Wildman–Crippen LogP) is 4.33. The Bertz CT molecular complexity index is 1090. The largest absolute Gasteiger partial charge is 0.497 e. The smallest absolute Gasteiger partial charge is 0.251 e. The van der Waals surface area contributed by atoms with Gasteiger partial charge in [-0.05, 0) is 55.5 Å². The molecule has 0 radical (unpaired) electrons. The Balaban J connectivity index is 1.43. The number of ether oxygens (including phenoxy) is 1. The Morgan fingerprint density at radius 3 is 2.70 bits per heavy atom. The van der Waals surface area contributed by atoms with Gasteiger partial charge in [-0.1, -0.05) is 5.16 Å². The molecule has 4 aromatic rings. The van der Waals surface area contributed by atoms with Crippen molar-refractivity contribution in [3.8, 4) is 17.1 Å². The molecule has 0 saturated heterocycles. The van der Waals surface area contributed by atoms with Crippen LogP contribution in [0.3, 0.4) is 0 Å². The second-order valence-electron chi connectivity index (χ2n) is 6.20. The lowest BCUT2D eigenvalue weighted by molar-refractivity contribution is 0.0950. The quantitative estimate of drug-likeness (QED) is 0.572. The molecule has 2 aromatic heterocycles. The molecular weight excluding hydrogens is 344 g/mol. The fraction of sp³-hybridized carbons (Fsp3) is 0.143. The number of aryl methyl sites for hydroxylation is 1. The highest BCUT2D eigenvalue weighted by Crippen LogP contribution is 2.23. The van der Waals surface area contributed by atoms with E-state index < -0.39 is 0 Å². The minimum atomic E-state index is -0.176. The van der Waals surface area contributed by atoms with Crippen molar-refractivity contribution in [3.63, 3.8) is 0 Å². The van der Waals surface area contributed by atoms with Gasteiger partial charge in [0.15, 0.2) is 5.76 Å². The van der Waals surface area contributed by atoms with E-state index in [9.17, 15) is 4.79 Å². The highest BCUT2D eigenvalue weighted by molar-refractivity contribution is 5.97. The fourth-order valence-corrected chi connectivity index (χ4v) is 2.88. The first-order valence-electron chi connectivity index (χ1n) is 8.51. The average molecular weight is 362 g/mol. The Morgan fingerprint density at radius 1 is 1.11 bits per heavy atom. The topological polar surface area (TPSA) is 77.5 Å². The van der Waals surface area contributed by atoms with Gasteiger partial charge >= 0.3 is 0 Å². The van der Waals surface area contributed by atoms with E-state index in [1.165, 1.54) is 0 Å². The number of amides is 1. The summed E-state index contributed by atoms with van der Waals surface area (Å²) in [6.07, 6.45) is 0. The summed E-state index contributed by atoms with van der Waals surface area (Å²) in [7, 11) is 1.62. The van der Waals surface area contributed by atoms with Gasteiger partial charge in [-0.15, -0.1) is 0 Å². The number of benzene rings is 2. The number of nitrogens with zero attached hydrogens (tertiary/aromatic N) is 1. The van der Waals surface area contributed by atoms with Gasteiger partial charge in [0.1, 0.15) is 22.8 Å². The molecule has 0 spiro atoms. The summed E-state index contributed by atoms with van der Waals surface area (Å²) in [5.74, 6) is 2.05. The molecule has 0 unspecified atom stereocenters. The maximum absolute atomic E-state index is 12.4. The molecule has 2 heterocycles. The molecule has 27 heavy (non-hydrogen) atoms. The lowest BCUT2D eigenvalue weighted by Crippen LogP contribution is -2.22. The van der Waals surface area contributed by atoms with Gasteiger partial charge < -0.3 is 19.0 Å². The molecule has 6 heteroatoms. The third-order valence-electron chi connectivity index (χ3n) is 4.27. The van der Waals surface area contributed by atoms with Gasteiger partial charge in [-0.2, -0.15) is 0 Å². The van der Waals surface area contributed by atoms with E-state index >= 15 is 0 Å². The van der Waals surface area contributed by atoms with Crippen molar-refractivity contribution >= 4 is 16.9 Å². The molecule has 0 fully saturated rings. The number of aromatic nitrogens is 1. The van der Waals surface area contributed by atoms with Crippen LogP contribution in [-0.2, 0) is 6.54 Å². The summed E-state index contributed by atoms with van der Waals surface area (Å²) in [4.78, 5) is 12.4. The van der Waals surface area contributed by atoms with E-state index in [0.717, 1.165) is 28.0 Å². The van der Waals surface area contributed by atoms with E-state index in [2.05, 4.69) is 10.5 Å². The Hall–Kier alpha value is -3.54. The number of furan rings is 1. The van der Waals surface area contributed by atoms with Crippen molar-refractivity contribution in [1.82, 2.24) is 10.5 Å². The molecule has 0 saturated carbocycles. The number of hydrogen-bond donors (Lipinski definition) is 1.